The predicted molar refractivity (Wildman–Crippen MR) is 70.6 cm³/mol. The van der Waals surface area contributed by atoms with E-state index in [1.807, 2.05) is 19.9 Å². The van der Waals surface area contributed by atoms with Gasteiger partial charge in [0.15, 0.2) is 0 Å². The van der Waals surface area contributed by atoms with Crippen molar-refractivity contribution >= 4 is 11.6 Å². The molecule has 18 heavy (non-hydrogen) atoms. The molecule has 0 unspecified atom stereocenters. The van der Waals surface area contributed by atoms with E-state index in [9.17, 15) is 4.79 Å². The number of nitrogens with one attached hydrogen (secondary N) is 2. The second-order valence-corrected chi connectivity index (χ2v) is 4.32. The van der Waals surface area contributed by atoms with Gasteiger partial charge in [-0.3, -0.25) is 4.79 Å². The molecule has 0 saturated carbocycles. The molecule has 0 fully saturated rings. The molecule has 0 saturated heterocycles. The van der Waals surface area contributed by atoms with Gasteiger partial charge >= 0.3 is 0 Å². The van der Waals surface area contributed by atoms with Crippen molar-refractivity contribution < 1.29 is 9.90 Å². The van der Waals surface area contributed by atoms with Crippen LogP contribution in [-0.2, 0) is 6.61 Å². The van der Waals surface area contributed by atoms with Gasteiger partial charge in [-0.25, -0.2) is 0 Å². The van der Waals surface area contributed by atoms with Crippen molar-refractivity contribution in [3.8, 4) is 0 Å². The normalized spacial score (nSPS) is 10.4. The fourth-order valence-electron chi connectivity index (χ4n) is 1.91. The molecule has 1 aromatic carbocycles. The molecular weight excluding hydrogens is 228 g/mol. The largest absolute Gasteiger partial charge is 0.392 e. The standard InChI is InChI=1S/C14H16N2O2/c1-9-6-10(2)15-13(9)14(18)16-12-5-3-4-11(7-12)8-17/h3-7,15,17H,8H2,1-2H3,(H,16,18). The Kier molecular flexibility index (Phi) is 3.48. The molecule has 3 N–H and O–H groups in total. The molecular formula is C14H16N2O2. The van der Waals surface area contributed by atoms with Crippen LogP contribution in [0.2, 0.25) is 0 Å². The van der Waals surface area contributed by atoms with Crippen molar-refractivity contribution in [3.63, 3.8) is 0 Å². The number of aliphatic hydroxyl groups is 1. The van der Waals surface area contributed by atoms with Gasteiger partial charge < -0.3 is 15.4 Å². The number of amides is 1. The van der Waals surface area contributed by atoms with E-state index in [0.717, 1.165) is 16.8 Å². The number of carbonyl (C=O) groups is 1. The van der Waals surface area contributed by atoms with Gasteiger partial charge in [-0.2, -0.15) is 0 Å². The van der Waals surface area contributed by atoms with E-state index in [-0.39, 0.29) is 12.5 Å². The molecule has 1 amide bonds. The lowest BCUT2D eigenvalue weighted by Crippen LogP contribution is -2.13. The fraction of sp³-hybridized carbons (Fsp3) is 0.214. The van der Waals surface area contributed by atoms with Gasteiger partial charge in [0.2, 0.25) is 0 Å². The summed E-state index contributed by atoms with van der Waals surface area (Å²) in [7, 11) is 0. The van der Waals surface area contributed by atoms with E-state index in [2.05, 4.69) is 10.3 Å². The van der Waals surface area contributed by atoms with Crippen LogP contribution in [0.15, 0.2) is 30.3 Å². The quantitative estimate of drug-likeness (QED) is 0.776. The second kappa shape index (κ2) is 5.06. The van der Waals surface area contributed by atoms with Crippen LogP contribution in [0.5, 0.6) is 0 Å². The highest BCUT2D eigenvalue weighted by Gasteiger charge is 2.11. The van der Waals surface area contributed by atoms with E-state index >= 15 is 0 Å². The zero-order valence-electron chi connectivity index (χ0n) is 10.4. The molecule has 0 radical (unpaired) electrons. The second-order valence-electron chi connectivity index (χ2n) is 4.32. The Morgan fingerprint density at radius 3 is 2.72 bits per heavy atom. The van der Waals surface area contributed by atoms with Crippen LogP contribution >= 0.6 is 0 Å². The van der Waals surface area contributed by atoms with Gasteiger partial charge in [0.25, 0.3) is 5.91 Å². The van der Waals surface area contributed by atoms with Gasteiger partial charge in [0.1, 0.15) is 5.69 Å². The van der Waals surface area contributed by atoms with Crippen molar-refractivity contribution in [1.82, 2.24) is 4.98 Å². The van der Waals surface area contributed by atoms with Crippen LogP contribution in [-0.4, -0.2) is 16.0 Å². The highest BCUT2D eigenvalue weighted by Crippen LogP contribution is 2.14. The summed E-state index contributed by atoms with van der Waals surface area (Å²) in [4.78, 5) is 15.1. The van der Waals surface area contributed by atoms with Crippen molar-refractivity contribution in [2.75, 3.05) is 5.32 Å². The zero-order chi connectivity index (χ0) is 13.1. The maximum atomic E-state index is 12.0. The van der Waals surface area contributed by atoms with Crippen molar-refractivity contribution in [2.24, 2.45) is 0 Å². The number of hydrogen-bond acceptors (Lipinski definition) is 2. The molecule has 1 heterocycles. The van der Waals surface area contributed by atoms with E-state index in [0.29, 0.717) is 11.4 Å². The Hall–Kier alpha value is -2.07. The van der Waals surface area contributed by atoms with Gasteiger partial charge in [0.05, 0.1) is 6.61 Å². The van der Waals surface area contributed by atoms with Crippen molar-refractivity contribution in [3.05, 3.63) is 52.8 Å². The molecule has 0 bridgehead atoms. The third-order valence-electron chi connectivity index (χ3n) is 2.74. The number of carbonyl (C=O) groups excluding carboxylic acids is 1. The average molecular weight is 244 g/mol. The number of aromatic amines is 1. The maximum Gasteiger partial charge on any atom is 0.272 e. The monoisotopic (exact) mass is 244 g/mol. The molecule has 4 nitrogen and oxygen atoms in total. The maximum absolute atomic E-state index is 12.0. The highest BCUT2D eigenvalue weighted by molar-refractivity contribution is 6.04. The number of H-pyrrole nitrogens is 1. The minimum atomic E-state index is -0.171. The molecule has 0 aliphatic carbocycles. The van der Waals surface area contributed by atoms with Crippen LogP contribution in [0.4, 0.5) is 5.69 Å². The highest BCUT2D eigenvalue weighted by atomic mass is 16.3. The first-order chi connectivity index (χ1) is 8.60. The van der Waals surface area contributed by atoms with E-state index in [4.69, 9.17) is 5.11 Å². The molecule has 2 aromatic rings. The fourth-order valence-corrected chi connectivity index (χ4v) is 1.91. The molecule has 4 heteroatoms. The first kappa shape index (κ1) is 12.4. The van der Waals surface area contributed by atoms with Crippen molar-refractivity contribution in [1.29, 1.82) is 0 Å². The average Bonchev–Trinajstić information content (AvgIpc) is 2.69. The lowest BCUT2D eigenvalue weighted by Gasteiger charge is -2.06. The Labute approximate surface area is 106 Å². The van der Waals surface area contributed by atoms with E-state index in [1.165, 1.54) is 0 Å². The van der Waals surface area contributed by atoms with Gasteiger partial charge in [0, 0.05) is 11.4 Å². The minimum Gasteiger partial charge on any atom is -0.392 e. The number of anilines is 1. The summed E-state index contributed by atoms with van der Waals surface area (Å²) < 4.78 is 0. The predicted octanol–water partition coefficient (Wildman–Crippen LogP) is 2.38. The van der Waals surface area contributed by atoms with Crippen LogP contribution in [0.25, 0.3) is 0 Å². The summed E-state index contributed by atoms with van der Waals surface area (Å²) in [6.07, 6.45) is 0. The minimum absolute atomic E-state index is 0.0374. The lowest BCUT2D eigenvalue weighted by atomic mass is 10.2. The zero-order valence-corrected chi connectivity index (χ0v) is 10.4. The van der Waals surface area contributed by atoms with Crippen LogP contribution < -0.4 is 5.32 Å². The van der Waals surface area contributed by atoms with E-state index in [1.54, 1.807) is 24.3 Å². The molecule has 94 valence electrons. The molecule has 0 aliphatic rings. The summed E-state index contributed by atoms with van der Waals surface area (Å²) >= 11 is 0. The number of hydrogen-bond donors (Lipinski definition) is 3. The third-order valence-corrected chi connectivity index (χ3v) is 2.74. The Morgan fingerprint density at radius 1 is 1.33 bits per heavy atom. The summed E-state index contributed by atoms with van der Waals surface area (Å²) in [5, 5.41) is 11.8. The molecule has 0 atom stereocenters. The summed E-state index contributed by atoms with van der Waals surface area (Å²) in [6, 6.07) is 9.08. The summed E-state index contributed by atoms with van der Waals surface area (Å²) in [6.45, 7) is 3.77. The summed E-state index contributed by atoms with van der Waals surface area (Å²) in [5.41, 5.74) is 3.90. The van der Waals surface area contributed by atoms with Crippen molar-refractivity contribution in [2.45, 2.75) is 20.5 Å². The topological polar surface area (TPSA) is 65.1 Å². The number of aromatic nitrogens is 1. The SMILES string of the molecule is Cc1cc(C)c(C(=O)Nc2cccc(CO)c2)[nH]1. The number of aryl methyl sites for hydroxylation is 2. The van der Waals surface area contributed by atoms with E-state index < -0.39 is 0 Å². The Balaban J connectivity index is 2.18. The first-order valence-corrected chi connectivity index (χ1v) is 5.77. The van der Waals surface area contributed by atoms with Gasteiger partial charge in [-0.15, -0.1) is 0 Å². The van der Waals surface area contributed by atoms with Gasteiger partial charge in [-0.05, 0) is 43.2 Å². The molecule has 0 aliphatic heterocycles. The Bertz CT molecular complexity index is 573. The molecule has 2 rings (SSSR count). The summed E-state index contributed by atoms with van der Waals surface area (Å²) in [5.74, 6) is -0.171. The third kappa shape index (κ3) is 2.60. The molecule has 1 aromatic heterocycles. The van der Waals surface area contributed by atoms with Crippen LogP contribution in [0.1, 0.15) is 27.3 Å². The lowest BCUT2D eigenvalue weighted by molar-refractivity contribution is 0.102. The number of aliphatic hydroxyl groups excluding tert-OH is 1. The Morgan fingerprint density at radius 2 is 2.11 bits per heavy atom. The van der Waals surface area contributed by atoms with Crippen LogP contribution in [0.3, 0.4) is 0 Å². The number of rotatable bonds is 3. The number of benzene rings is 1. The van der Waals surface area contributed by atoms with Crippen LogP contribution in [0, 0.1) is 13.8 Å². The van der Waals surface area contributed by atoms with Gasteiger partial charge in [-0.1, -0.05) is 12.1 Å². The molecule has 0 spiro atoms. The first-order valence-electron chi connectivity index (χ1n) is 5.77. The smallest absolute Gasteiger partial charge is 0.272 e.